The molecule has 7 heteroatoms. The SMILES string of the molecule is CN=C(NCCSC)NCC(c1cccc(F)c1)N(C)C.I. The Morgan fingerprint density at radius 2 is 2.09 bits per heavy atom. The number of hydrogen-bond acceptors (Lipinski definition) is 3. The lowest BCUT2D eigenvalue weighted by molar-refractivity contribution is 0.297. The summed E-state index contributed by atoms with van der Waals surface area (Å²) in [5, 5.41) is 6.55. The van der Waals surface area contributed by atoms with Crippen molar-refractivity contribution < 1.29 is 4.39 Å². The van der Waals surface area contributed by atoms with E-state index in [1.165, 1.54) is 6.07 Å². The van der Waals surface area contributed by atoms with Gasteiger partial charge in [0.25, 0.3) is 0 Å². The van der Waals surface area contributed by atoms with Gasteiger partial charge in [0.1, 0.15) is 5.82 Å². The van der Waals surface area contributed by atoms with E-state index in [0.717, 1.165) is 23.8 Å². The highest BCUT2D eigenvalue weighted by atomic mass is 127. The van der Waals surface area contributed by atoms with E-state index in [0.29, 0.717) is 6.54 Å². The summed E-state index contributed by atoms with van der Waals surface area (Å²) in [6.07, 6.45) is 2.07. The fourth-order valence-electron chi connectivity index (χ4n) is 2.00. The van der Waals surface area contributed by atoms with Crippen LogP contribution in [0.4, 0.5) is 4.39 Å². The van der Waals surface area contributed by atoms with Gasteiger partial charge in [-0.2, -0.15) is 11.8 Å². The van der Waals surface area contributed by atoms with Crippen molar-refractivity contribution >= 4 is 41.7 Å². The largest absolute Gasteiger partial charge is 0.356 e. The first kappa shape index (κ1) is 21.5. The molecule has 1 atom stereocenters. The maximum absolute atomic E-state index is 13.4. The average Bonchev–Trinajstić information content (AvgIpc) is 2.45. The standard InChI is InChI=1S/C15H25FN4S.HI/c1-17-15(18-8-9-21-4)19-11-14(20(2)3)12-6-5-7-13(16)10-12;/h5-7,10,14H,8-9,11H2,1-4H3,(H2,17,18,19);1H. The van der Waals surface area contributed by atoms with Crippen LogP contribution in [0.25, 0.3) is 0 Å². The Hall–Kier alpha value is -0.540. The predicted molar refractivity (Wildman–Crippen MR) is 106 cm³/mol. The van der Waals surface area contributed by atoms with Crippen LogP contribution >= 0.6 is 35.7 Å². The second kappa shape index (κ2) is 12.0. The minimum atomic E-state index is -0.207. The van der Waals surface area contributed by atoms with E-state index in [4.69, 9.17) is 0 Å². The van der Waals surface area contributed by atoms with E-state index < -0.39 is 0 Å². The van der Waals surface area contributed by atoms with Gasteiger partial charge in [0.15, 0.2) is 5.96 Å². The van der Waals surface area contributed by atoms with Crippen LogP contribution in [-0.4, -0.2) is 57.1 Å². The molecule has 0 aliphatic rings. The average molecular weight is 440 g/mol. The summed E-state index contributed by atoms with van der Waals surface area (Å²) in [6, 6.07) is 6.81. The predicted octanol–water partition coefficient (Wildman–Crippen LogP) is 2.57. The van der Waals surface area contributed by atoms with Gasteiger partial charge in [0.2, 0.25) is 0 Å². The number of nitrogens with zero attached hydrogens (tertiary/aromatic N) is 2. The smallest absolute Gasteiger partial charge is 0.191 e. The van der Waals surface area contributed by atoms with Crippen LogP contribution in [0, 0.1) is 5.82 Å². The number of thioether (sulfide) groups is 1. The zero-order valence-corrected chi connectivity index (χ0v) is 16.7. The van der Waals surface area contributed by atoms with Gasteiger partial charge in [-0.1, -0.05) is 12.1 Å². The second-order valence-corrected chi connectivity index (χ2v) is 5.89. The van der Waals surface area contributed by atoms with Gasteiger partial charge >= 0.3 is 0 Å². The highest BCUT2D eigenvalue weighted by molar-refractivity contribution is 14.0. The summed E-state index contributed by atoms with van der Waals surface area (Å²) < 4.78 is 13.4. The van der Waals surface area contributed by atoms with Gasteiger partial charge in [-0.05, 0) is 38.0 Å². The van der Waals surface area contributed by atoms with Crippen LogP contribution in [0.1, 0.15) is 11.6 Å². The third-order valence-corrected chi connectivity index (χ3v) is 3.75. The highest BCUT2D eigenvalue weighted by Gasteiger charge is 2.15. The first-order chi connectivity index (χ1) is 10.1. The summed E-state index contributed by atoms with van der Waals surface area (Å²) in [6.45, 7) is 1.53. The number of benzene rings is 1. The maximum atomic E-state index is 13.4. The molecular formula is C15H26FIN4S. The summed E-state index contributed by atoms with van der Waals surface area (Å²) in [5.74, 6) is 1.59. The van der Waals surface area contributed by atoms with E-state index >= 15 is 0 Å². The number of aliphatic imine (C=N–C) groups is 1. The van der Waals surface area contributed by atoms with Gasteiger partial charge in [-0.25, -0.2) is 4.39 Å². The first-order valence-electron chi connectivity index (χ1n) is 6.93. The molecule has 0 aliphatic heterocycles. The molecule has 22 heavy (non-hydrogen) atoms. The van der Waals surface area contributed by atoms with Crippen molar-refractivity contribution in [1.29, 1.82) is 0 Å². The maximum Gasteiger partial charge on any atom is 0.191 e. The summed E-state index contributed by atoms with van der Waals surface area (Å²) in [7, 11) is 5.73. The van der Waals surface area contributed by atoms with Gasteiger partial charge in [0, 0.05) is 25.9 Å². The van der Waals surface area contributed by atoms with Gasteiger partial charge in [-0.3, -0.25) is 4.99 Å². The van der Waals surface area contributed by atoms with Crippen molar-refractivity contribution in [3.8, 4) is 0 Å². The summed E-state index contributed by atoms with van der Waals surface area (Å²) in [4.78, 5) is 6.26. The Balaban J connectivity index is 0.00000441. The van der Waals surface area contributed by atoms with Crippen LogP contribution < -0.4 is 10.6 Å². The number of guanidine groups is 1. The molecule has 0 amide bonds. The van der Waals surface area contributed by atoms with Crippen molar-refractivity contribution in [2.24, 2.45) is 4.99 Å². The fraction of sp³-hybridized carbons (Fsp3) is 0.533. The molecule has 2 N–H and O–H groups in total. The first-order valence-corrected chi connectivity index (χ1v) is 8.33. The van der Waals surface area contributed by atoms with Crippen LogP contribution in [0.2, 0.25) is 0 Å². The van der Waals surface area contributed by atoms with E-state index in [1.54, 1.807) is 30.9 Å². The van der Waals surface area contributed by atoms with Crippen molar-refractivity contribution in [1.82, 2.24) is 15.5 Å². The molecule has 0 heterocycles. The van der Waals surface area contributed by atoms with Crippen molar-refractivity contribution in [2.45, 2.75) is 6.04 Å². The van der Waals surface area contributed by atoms with Crippen LogP contribution in [-0.2, 0) is 0 Å². The Morgan fingerprint density at radius 3 is 2.64 bits per heavy atom. The Labute approximate surface area is 154 Å². The monoisotopic (exact) mass is 440 g/mol. The van der Waals surface area contributed by atoms with Gasteiger partial charge in [-0.15, -0.1) is 24.0 Å². The normalized spacial score (nSPS) is 12.7. The minimum absolute atomic E-state index is 0. The van der Waals surface area contributed by atoms with E-state index in [1.807, 2.05) is 20.2 Å². The molecule has 0 bridgehead atoms. The number of halogens is 2. The van der Waals surface area contributed by atoms with Crippen LogP contribution in [0.3, 0.4) is 0 Å². The topological polar surface area (TPSA) is 39.7 Å². The quantitative estimate of drug-likeness (QED) is 0.296. The third kappa shape index (κ3) is 7.64. The minimum Gasteiger partial charge on any atom is -0.356 e. The molecular weight excluding hydrogens is 414 g/mol. The molecule has 4 nitrogen and oxygen atoms in total. The second-order valence-electron chi connectivity index (χ2n) is 4.91. The van der Waals surface area contributed by atoms with Gasteiger partial charge in [0.05, 0.1) is 6.04 Å². The molecule has 1 aromatic rings. The summed E-state index contributed by atoms with van der Waals surface area (Å²) in [5.41, 5.74) is 0.951. The number of rotatable bonds is 7. The molecule has 0 fully saturated rings. The molecule has 0 aliphatic carbocycles. The molecule has 1 rings (SSSR count). The molecule has 0 radical (unpaired) electrons. The fourth-order valence-corrected chi connectivity index (χ4v) is 2.30. The number of nitrogens with one attached hydrogen (secondary N) is 2. The zero-order valence-electron chi connectivity index (χ0n) is 13.6. The number of likely N-dealkylation sites (N-methyl/N-ethyl adjacent to an activating group) is 1. The third-order valence-electron chi connectivity index (χ3n) is 3.14. The zero-order chi connectivity index (χ0) is 15.7. The van der Waals surface area contributed by atoms with Gasteiger partial charge < -0.3 is 15.5 Å². The Bertz CT molecular complexity index is 457. The summed E-state index contributed by atoms with van der Waals surface area (Å²) >= 11 is 1.79. The van der Waals surface area contributed by atoms with Crippen molar-refractivity contribution in [3.05, 3.63) is 35.6 Å². The Morgan fingerprint density at radius 1 is 1.36 bits per heavy atom. The van der Waals surface area contributed by atoms with Crippen LogP contribution in [0.15, 0.2) is 29.3 Å². The lowest BCUT2D eigenvalue weighted by atomic mass is 10.1. The highest BCUT2D eigenvalue weighted by Crippen LogP contribution is 2.18. The molecule has 1 unspecified atom stereocenters. The van der Waals surface area contributed by atoms with Crippen molar-refractivity contribution in [3.63, 3.8) is 0 Å². The van der Waals surface area contributed by atoms with Crippen molar-refractivity contribution in [2.75, 3.05) is 46.2 Å². The molecule has 0 spiro atoms. The van der Waals surface area contributed by atoms with E-state index in [9.17, 15) is 4.39 Å². The number of hydrogen-bond donors (Lipinski definition) is 2. The van der Waals surface area contributed by atoms with E-state index in [-0.39, 0.29) is 35.8 Å². The molecule has 0 saturated carbocycles. The molecule has 0 saturated heterocycles. The molecule has 1 aromatic carbocycles. The Kier molecular flexibility index (Phi) is 11.7. The van der Waals surface area contributed by atoms with Crippen LogP contribution in [0.5, 0.6) is 0 Å². The molecule has 126 valence electrons. The lowest BCUT2D eigenvalue weighted by Gasteiger charge is -2.26. The van der Waals surface area contributed by atoms with E-state index in [2.05, 4.69) is 26.8 Å². The molecule has 0 aromatic heterocycles. The lowest BCUT2D eigenvalue weighted by Crippen LogP contribution is -2.42.